The van der Waals surface area contributed by atoms with Gasteiger partial charge in [0.05, 0.1) is 0 Å². The maximum Gasteiger partial charge on any atom is 0.233 e. The van der Waals surface area contributed by atoms with Crippen molar-refractivity contribution >= 4 is 11.6 Å². The van der Waals surface area contributed by atoms with Crippen LogP contribution in [0.4, 0.5) is 8.78 Å². The molecule has 0 atom stereocenters. The van der Waals surface area contributed by atoms with Crippen LogP contribution in [0.5, 0.6) is 5.88 Å². The van der Waals surface area contributed by atoms with E-state index in [0.717, 1.165) is 0 Å². The van der Waals surface area contributed by atoms with Crippen molar-refractivity contribution < 1.29 is 13.5 Å². The van der Waals surface area contributed by atoms with Gasteiger partial charge in [-0.3, -0.25) is 0 Å². The molecule has 5 heteroatoms. The number of hydrogen-bond donors (Lipinski definition) is 0. The summed E-state index contributed by atoms with van der Waals surface area (Å²) in [4.78, 5) is 3.73. The Morgan fingerprint density at radius 1 is 1.46 bits per heavy atom. The molecule has 13 heavy (non-hydrogen) atoms. The van der Waals surface area contributed by atoms with Crippen molar-refractivity contribution in [2.45, 2.75) is 6.10 Å². The van der Waals surface area contributed by atoms with Gasteiger partial charge in [-0.1, -0.05) is 11.6 Å². The minimum absolute atomic E-state index is 0.0597. The van der Waals surface area contributed by atoms with Gasteiger partial charge in [0.25, 0.3) is 0 Å². The topological polar surface area (TPSA) is 22.1 Å². The van der Waals surface area contributed by atoms with Crippen molar-refractivity contribution in [1.29, 1.82) is 0 Å². The number of halogens is 3. The number of nitrogens with zero attached hydrogens (tertiary/aromatic N) is 1. The number of aromatic nitrogens is 1. The SMILES string of the molecule is FCC(CF)Oc1ncccc1Cl. The van der Waals surface area contributed by atoms with Crippen LogP contribution in [0.2, 0.25) is 5.02 Å². The lowest BCUT2D eigenvalue weighted by atomic mass is 10.4. The van der Waals surface area contributed by atoms with E-state index in [2.05, 4.69) is 4.98 Å². The summed E-state index contributed by atoms with van der Waals surface area (Å²) in [5, 5.41) is 0.245. The van der Waals surface area contributed by atoms with Crippen LogP contribution < -0.4 is 4.74 Å². The van der Waals surface area contributed by atoms with E-state index in [4.69, 9.17) is 16.3 Å². The molecule has 0 radical (unpaired) electrons. The first-order chi connectivity index (χ1) is 6.27. The molecule has 0 unspecified atom stereocenters. The third kappa shape index (κ3) is 2.81. The Morgan fingerprint density at radius 3 is 2.69 bits per heavy atom. The van der Waals surface area contributed by atoms with Crippen molar-refractivity contribution in [3.05, 3.63) is 23.4 Å². The molecule has 0 spiro atoms. The van der Waals surface area contributed by atoms with Crippen LogP contribution in [-0.2, 0) is 0 Å². The van der Waals surface area contributed by atoms with Crippen molar-refractivity contribution in [1.82, 2.24) is 4.98 Å². The number of alkyl halides is 2. The van der Waals surface area contributed by atoms with Crippen molar-refractivity contribution in [2.75, 3.05) is 13.3 Å². The molecule has 0 aromatic carbocycles. The smallest absolute Gasteiger partial charge is 0.233 e. The van der Waals surface area contributed by atoms with E-state index in [1.165, 1.54) is 12.3 Å². The fourth-order valence-electron chi connectivity index (χ4n) is 0.720. The van der Waals surface area contributed by atoms with Gasteiger partial charge in [0.15, 0.2) is 6.10 Å². The summed E-state index contributed by atoms with van der Waals surface area (Å²) in [7, 11) is 0. The van der Waals surface area contributed by atoms with Gasteiger partial charge in [-0.15, -0.1) is 0 Å². The Hall–Kier alpha value is -0.900. The first kappa shape index (κ1) is 10.2. The molecule has 0 fully saturated rings. The molecule has 0 aliphatic rings. The van der Waals surface area contributed by atoms with Gasteiger partial charge in [0, 0.05) is 6.20 Å². The second-order valence-electron chi connectivity index (χ2n) is 2.34. The summed E-state index contributed by atoms with van der Waals surface area (Å²) in [6, 6.07) is 3.15. The monoisotopic (exact) mass is 207 g/mol. The molecule has 0 bridgehead atoms. The summed E-state index contributed by atoms with van der Waals surface area (Å²) in [6.07, 6.45) is 0.321. The van der Waals surface area contributed by atoms with Crippen LogP contribution >= 0.6 is 11.6 Å². The average Bonchev–Trinajstić information content (AvgIpc) is 2.17. The van der Waals surface area contributed by atoms with E-state index in [9.17, 15) is 8.78 Å². The molecule has 0 saturated heterocycles. The lowest BCUT2D eigenvalue weighted by Crippen LogP contribution is -2.21. The van der Waals surface area contributed by atoms with Crippen LogP contribution in [-0.4, -0.2) is 24.4 Å². The zero-order valence-corrected chi connectivity index (χ0v) is 7.47. The highest BCUT2D eigenvalue weighted by Gasteiger charge is 2.12. The van der Waals surface area contributed by atoms with E-state index < -0.39 is 19.5 Å². The second kappa shape index (κ2) is 4.97. The Morgan fingerprint density at radius 2 is 2.15 bits per heavy atom. The lowest BCUT2D eigenvalue weighted by molar-refractivity contribution is 0.128. The zero-order valence-electron chi connectivity index (χ0n) is 6.71. The number of ether oxygens (including phenoxy) is 1. The zero-order chi connectivity index (χ0) is 9.68. The molecule has 0 aliphatic carbocycles. The molecule has 0 saturated carbocycles. The van der Waals surface area contributed by atoms with Gasteiger partial charge in [-0.25, -0.2) is 13.8 Å². The number of pyridine rings is 1. The van der Waals surface area contributed by atoms with Gasteiger partial charge < -0.3 is 4.74 Å². The summed E-state index contributed by atoms with van der Waals surface area (Å²) in [5.74, 6) is 0.0597. The van der Waals surface area contributed by atoms with E-state index >= 15 is 0 Å². The molecule has 2 nitrogen and oxygen atoms in total. The molecule has 1 aromatic rings. The first-order valence-corrected chi connectivity index (χ1v) is 4.04. The number of hydrogen-bond acceptors (Lipinski definition) is 2. The summed E-state index contributed by atoms with van der Waals surface area (Å²) in [6.45, 7) is -1.80. The Balaban J connectivity index is 2.67. The minimum Gasteiger partial charge on any atom is -0.468 e. The van der Waals surface area contributed by atoms with Gasteiger partial charge >= 0.3 is 0 Å². The standard InChI is InChI=1S/C8H8ClF2NO/c9-7-2-1-3-12-8(7)13-6(4-10)5-11/h1-3,6H,4-5H2. The van der Waals surface area contributed by atoms with E-state index in [0.29, 0.717) is 0 Å². The van der Waals surface area contributed by atoms with Crippen LogP contribution in [0.15, 0.2) is 18.3 Å². The molecule has 1 aromatic heterocycles. The predicted octanol–water partition coefficient (Wildman–Crippen LogP) is 2.42. The highest BCUT2D eigenvalue weighted by atomic mass is 35.5. The van der Waals surface area contributed by atoms with Gasteiger partial charge in [0.1, 0.15) is 18.4 Å². The number of rotatable bonds is 4. The fourth-order valence-corrected chi connectivity index (χ4v) is 0.886. The molecular formula is C8H8ClF2NO. The predicted molar refractivity (Wildman–Crippen MR) is 45.6 cm³/mol. The van der Waals surface area contributed by atoms with Gasteiger partial charge in [0.2, 0.25) is 5.88 Å². The highest BCUT2D eigenvalue weighted by molar-refractivity contribution is 6.31. The summed E-state index contributed by atoms with van der Waals surface area (Å²) >= 11 is 5.65. The van der Waals surface area contributed by atoms with Gasteiger partial charge in [-0.2, -0.15) is 0 Å². The normalized spacial score (nSPS) is 10.5. The first-order valence-electron chi connectivity index (χ1n) is 3.67. The maximum atomic E-state index is 12.0. The summed E-state index contributed by atoms with van der Waals surface area (Å²) in [5.41, 5.74) is 0. The van der Waals surface area contributed by atoms with Crippen molar-refractivity contribution in [2.24, 2.45) is 0 Å². The average molecular weight is 208 g/mol. The van der Waals surface area contributed by atoms with Crippen molar-refractivity contribution in [3.8, 4) is 5.88 Å². The van der Waals surface area contributed by atoms with Crippen molar-refractivity contribution in [3.63, 3.8) is 0 Å². The van der Waals surface area contributed by atoms with E-state index in [1.54, 1.807) is 6.07 Å². The highest BCUT2D eigenvalue weighted by Crippen LogP contribution is 2.21. The molecule has 0 N–H and O–H groups in total. The van der Waals surface area contributed by atoms with Crippen LogP contribution in [0.3, 0.4) is 0 Å². The third-order valence-corrected chi connectivity index (χ3v) is 1.63. The van der Waals surface area contributed by atoms with E-state index in [-0.39, 0.29) is 10.9 Å². The fraction of sp³-hybridized carbons (Fsp3) is 0.375. The Labute approximate surface area is 79.5 Å². The van der Waals surface area contributed by atoms with Crippen LogP contribution in [0.1, 0.15) is 0 Å². The second-order valence-corrected chi connectivity index (χ2v) is 2.75. The molecule has 0 amide bonds. The van der Waals surface area contributed by atoms with Crippen LogP contribution in [0.25, 0.3) is 0 Å². The molecular weight excluding hydrogens is 200 g/mol. The maximum absolute atomic E-state index is 12.0. The molecule has 72 valence electrons. The Kier molecular flexibility index (Phi) is 3.89. The third-order valence-electron chi connectivity index (χ3n) is 1.35. The molecule has 0 aliphatic heterocycles. The molecule has 1 heterocycles. The quantitative estimate of drug-likeness (QED) is 0.757. The molecule has 1 rings (SSSR count). The van der Waals surface area contributed by atoms with Gasteiger partial charge in [-0.05, 0) is 12.1 Å². The largest absolute Gasteiger partial charge is 0.468 e. The Bertz CT molecular complexity index is 268. The van der Waals surface area contributed by atoms with E-state index in [1.807, 2.05) is 0 Å². The minimum atomic E-state index is -1.12. The summed E-state index contributed by atoms with van der Waals surface area (Å²) < 4.78 is 28.9. The van der Waals surface area contributed by atoms with Crippen LogP contribution in [0, 0.1) is 0 Å². The lowest BCUT2D eigenvalue weighted by Gasteiger charge is -2.11.